The van der Waals surface area contributed by atoms with Crippen molar-refractivity contribution in [3.63, 3.8) is 0 Å². The van der Waals surface area contributed by atoms with E-state index in [0.29, 0.717) is 29.6 Å². The summed E-state index contributed by atoms with van der Waals surface area (Å²) >= 11 is 1.28. The van der Waals surface area contributed by atoms with Gasteiger partial charge in [-0.25, -0.2) is 8.42 Å². The topological polar surface area (TPSA) is 97.2 Å². The molecule has 1 amide bonds. The summed E-state index contributed by atoms with van der Waals surface area (Å²) in [5, 5.41) is 12.1. The number of nitrogens with one attached hydrogen (secondary N) is 1. The van der Waals surface area contributed by atoms with Gasteiger partial charge in [0, 0.05) is 30.4 Å². The number of amides is 1. The second kappa shape index (κ2) is 11.0. The normalized spacial score (nSPS) is 11.8. The number of hydrogen-bond donors (Lipinski definition) is 1. The first-order chi connectivity index (χ1) is 15.8. The van der Waals surface area contributed by atoms with Crippen LogP contribution in [0.4, 0.5) is 0 Å². The third-order valence-corrected chi connectivity index (χ3v) is 7.84. The first-order valence-corrected chi connectivity index (χ1v) is 13.2. The van der Waals surface area contributed by atoms with Crippen LogP contribution in [-0.2, 0) is 14.8 Å². The minimum Gasteiger partial charge on any atom is -0.353 e. The van der Waals surface area contributed by atoms with E-state index < -0.39 is 10.0 Å². The molecule has 1 N–H and O–H groups in total. The molecule has 2 aromatic carbocycles. The quantitative estimate of drug-likeness (QED) is 0.439. The summed E-state index contributed by atoms with van der Waals surface area (Å²) in [6.07, 6.45) is 0. The maximum atomic E-state index is 13.0. The number of para-hydroxylation sites is 1. The summed E-state index contributed by atoms with van der Waals surface area (Å²) in [5.74, 6) is 0.607. The third-order valence-electron chi connectivity index (χ3n) is 4.87. The van der Waals surface area contributed by atoms with Crippen molar-refractivity contribution in [1.82, 2.24) is 24.4 Å². The molecule has 0 bridgehead atoms. The Bertz CT molecular complexity index is 1190. The first-order valence-electron chi connectivity index (χ1n) is 10.8. The van der Waals surface area contributed by atoms with Gasteiger partial charge in [0.25, 0.3) is 0 Å². The van der Waals surface area contributed by atoms with Gasteiger partial charge in [-0.3, -0.25) is 9.36 Å². The third kappa shape index (κ3) is 5.82. The van der Waals surface area contributed by atoms with E-state index in [0.717, 1.165) is 5.69 Å². The molecular formula is C23H29N5O3S2. The van der Waals surface area contributed by atoms with Crippen LogP contribution in [0.2, 0.25) is 0 Å². The predicted octanol–water partition coefficient (Wildman–Crippen LogP) is 3.58. The lowest BCUT2D eigenvalue weighted by atomic mass is 10.2. The molecular weight excluding hydrogens is 458 g/mol. The van der Waals surface area contributed by atoms with Gasteiger partial charge in [-0.15, -0.1) is 10.2 Å². The van der Waals surface area contributed by atoms with Crippen molar-refractivity contribution in [3.05, 3.63) is 54.6 Å². The summed E-state index contributed by atoms with van der Waals surface area (Å²) in [7, 11) is -3.62. The average molecular weight is 488 g/mol. The number of hydrogen-bond acceptors (Lipinski definition) is 6. The summed E-state index contributed by atoms with van der Waals surface area (Å²) in [4.78, 5) is 12.4. The van der Waals surface area contributed by atoms with Crippen molar-refractivity contribution in [2.45, 2.75) is 43.8 Å². The van der Waals surface area contributed by atoms with E-state index in [4.69, 9.17) is 0 Å². The molecule has 8 nitrogen and oxygen atoms in total. The molecule has 3 aromatic rings. The van der Waals surface area contributed by atoms with Crippen LogP contribution in [0, 0.1) is 0 Å². The van der Waals surface area contributed by atoms with Crippen LogP contribution in [0.5, 0.6) is 0 Å². The molecule has 176 valence electrons. The van der Waals surface area contributed by atoms with Crippen LogP contribution >= 0.6 is 11.8 Å². The summed E-state index contributed by atoms with van der Waals surface area (Å²) in [6, 6.07) is 16.3. The number of aromatic nitrogens is 3. The molecule has 0 aliphatic heterocycles. The van der Waals surface area contributed by atoms with Crippen molar-refractivity contribution in [1.29, 1.82) is 0 Å². The van der Waals surface area contributed by atoms with E-state index >= 15 is 0 Å². The molecule has 1 aromatic heterocycles. The van der Waals surface area contributed by atoms with Crippen molar-refractivity contribution in [2.75, 3.05) is 18.8 Å². The Labute approximate surface area is 199 Å². The van der Waals surface area contributed by atoms with Crippen LogP contribution in [0.15, 0.2) is 64.6 Å². The van der Waals surface area contributed by atoms with Gasteiger partial charge in [-0.2, -0.15) is 4.31 Å². The van der Waals surface area contributed by atoms with Gasteiger partial charge < -0.3 is 5.32 Å². The van der Waals surface area contributed by atoms with Gasteiger partial charge in [0.2, 0.25) is 15.9 Å². The van der Waals surface area contributed by atoms with E-state index in [1.807, 2.05) is 68.7 Å². The van der Waals surface area contributed by atoms with Crippen LogP contribution in [0.25, 0.3) is 17.1 Å². The molecule has 10 heteroatoms. The predicted molar refractivity (Wildman–Crippen MR) is 131 cm³/mol. The Hall–Kier alpha value is -2.69. The van der Waals surface area contributed by atoms with Crippen molar-refractivity contribution in [3.8, 4) is 17.1 Å². The molecule has 1 heterocycles. The summed E-state index contributed by atoms with van der Waals surface area (Å²) < 4.78 is 29.3. The first kappa shape index (κ1) is 24.9. The fraction of sp³-hybridized carbons (Fsp3) is 0.348. The standard InChI is InChI=1S/C23H29N5O3S2/c1-5-27(6-2)33(30,31)20-14-10-11-18(15-20)22-25-26-23(32-16-21(29)24-17(3)4)28(22)19-12-8-7-9-13-19/h7-15,17H,5-6,16H2,1-4H3,(H,24,29). The second-order valence-electron chi connectivity index (χ2n) is 7.61. The van der Waals surface area contributed by atoms with Gasteiger partial charge in [-0.1, -0.05) is 55.9 Å². The molecule has 0 unspecified atom stereocenters. The van der Waals surface area contributed by atoms with Gasteiger partial charge in [-0.05, 0) is 38.1 Å². The van der Waals surface area contributed by atoms with Crippen LogP contribution < -0.4 is 5.32 Å². The summed E-state index contributed by atoms with van der Waals surface area (Å²) in [5.41, 5.74) is 1.44. The largest absolute Gasteiger partial charge is 0.353 e. The average Bonchev–Trinajstić information content (AvgIpc) is 3.22. The Morgan fingerprint density at radius 2 is 1.76 bits per heavy atom. The molecule has 3 rings (SSSR count). The molecule has 0 fully saturated rings. The van der Waals surface area contributed by atoms with Crippen LogP contribution in [0.3, 0.4) is 0 Å². The number of thioether (sulfide) groups is 1. The molecule has 33 heavy (non-hydrogen) atoms. The zero-order chi connectivity index (χ0) is 24.0. The van der Waals surface area contributed by atoms with Gasteiger partial charge >= 0.3 is 0 Å². The van der Waals surface area contributed by atoms with Crippen LogP contribution in [0.1, 0.15) is 27.7 Å². The number of benzene rings is 2. The Morgan fingerprint density at radius 1 is 1.06 bits per heavy atom. The molecule has 0 saturated carbocycles. The Balaban J connectivity index is 2.04. The number of carbonyl (C=O) groups excluding carboxylic acids is 1. The van der Waals surface area contributed by atoms with E-state index in [1.54, 1.807) is 18.2 Å². The van der Waals surface area contributed by atoms with Crippen LogP contribution in [-0.4, -0.2) is 58.3 Å². The number of carbonyl (C=O) groups is 1. The maximum Gasteiger partial charge on any atom is 0.243 e. The minimum atomic E-state index is -3.62. The summed E-state index contributed by atoms with van der Waals surface area (Å²) in [6.45, 7) is 8.23. The second-order valence-corrected chi connectivity index (χ2v) is 10.5. The maximum absolute atomic E-state index is 13.0. The molecule has 0 spiro atoms. The lowest BCUT2D eigenvalue weighted by molar-refractivity contribution is -0.119. The highest BCUT2D eigenvalue weighted by molar-refractivity contribution is 7.99. The molecule has 0 saturated heterocycles. The number of sulfonamides is 1. The zero-order valence-corrected chi connectivity index (χ0v) is 20.9. The van der Waals surface area contributed by atoms with Crippen molar-refractivity contribution >= 4 is 27.7 Å². The van der Waals surface area contributed by atoms with E-state index in [2.05, 4.69) is 15.5 Å². The SMILES string of the molecule is CCN(CC)S(=O)(=O)c1cccc(-c2nnc(SCC(=O)NC(C)C)n2-c2ccccc2)c1. The molecule has 0 aliphatic rings. The Morgan fingerprint density at radius 3 is 2.39 bits per heavy atom. The molecule has 0 aliphatic carbocycles. The monoisotopic (exact) mass is 487 g/mol. The highest BCUT2D eigenvalue weighted by atomic mass is 32.2. The number of rotatable bonds is 10. The Kier molecular flexibility index (Phi) is 8.28. The van der Waals surface area contributed by atoms with Gasteiger partial charge in [0.15, 0.2) is 11.0 Å². The van der Waals surface area contributed by atoms with Gasteiger partial charge in [0.1, 0.15) is 0 Å². The zero-order valence-electron chi connectivity index (χ0n) is 19.2. The lowest BCUT2D eigenvalue weighted by Gasteiger charge is -2.19. The van der Waals surface area contributed by atoms with E-state index in [-0.39, 0.29) is 22.6 Å². The smallest absolute Gasteiger partial charge is 0.243 e. The van der Waals surface area contributed by atoms with Crippen molar-refractivity contribution in [2.24, 2.45) is 0 Å². The molecule has 0 radical (unpaired) electrons. The van der Waals surface area contributed by atoms with E-state index in [1.165, 1.54) is 16.1 Å². The number of nitrogens with zero attached hydrogens (tertiary/aromatic N) is 4. The minimum absolute atomic E-state index is 0.0520. The fourth-order valence-electron chi connectivity index (χ4n) is 3.36. The van der Waals surface area contributed by atoms with Crippen molar-refractivity contribution < 1.29 is 13.2 Å². The van der Waals surface area contributed by atoms with E-state index in [9.17, 15) is 13.2 Å². The lowest BCUT2D eigenvalue weighted by Crippen LogP contribution is -2.31. The molecule has 0 atom stereocenters. The fourth-order valence-corrected chi connectivity index (χ4v) is 5.63. The highest BCUT2D eigenvalue weighted by Crippen LogP contribution is 2.29. The van der Waals surface area contributed by atoms with Gasteiger partial charge in [0.05, 0.1) is 10.6 Å². The highest BCUT2D eigenvalue weighted by Gasteiger charge is 2.23.